The van der Waals surface area contributed by atoms with E-state index in [4.69, 9.17) is 5.73 Å². The van der Waals surface area contributed by atoms with Gasteiger partial charge in [-0.05, 0) is 23.3 Å². The summed E-state index contributed by atoms with van der Waals surface area (Å²) in [7, 11) is 0. The zero-order valence-corrected chi connectivity index (χ0v) is 12.1. The van der Waals surface area contributed by atoms with Gasteiger partial charge in [-0.3, -0.25) is 0 Å². The smallest absolute Gasteiger partial charge is 0.0487 e. The summed E-state index contributed by atoms with van der Waals surface area (Å²) >= 11 is 3.60. The molecule has 1 aromatic heterocycles. The van der Waals surface area contributed by atoms with Crippen molar-refractivity contribution in [2.45, 2.75) is 13.1 Å². The van der Waals surface area contributed by atoms with Gasteiger partial charge in [0.1, 0.15) is 0 Å². The van der Waals surface area contributed by atoms with E-state index in [-0.39, 0.29) is 0 Å². The van der Waals surface area contributed by atoms with Crippen molar-refractivity contribution in [3.05, 3.63) is 70.3 Å². The fourth-order valence-corrected chi connectivity index (χ4v) is 2.84. The molecular weight excluding hydrogens is 300 g/mol. The molecule has 2 nitrogen and oxygen atoms in total. The van der Waals surface area contributed by atoms with Crippen molar-refractivity contribution in [2.75, 3.05) is 0 Å². The lowest BCUT2D eigenvalue weighted by molar-refractivity contribution is 0.826. The van der Waals surface area contributed by atoms with E-state index in [1.165, 1.54) is 22.0 Å². The van der Waals surface area contributed by atoms with Gasteiger partial charge in [0.25, 0.3) is 0 Å². The number of hydrogen-bond acceptors (Lipinski definition) is 1. The molecule has 1 heterocycles. The Morgan fingerprint density at radius 1 is 0.947 bits per heavy atom. The molecule has 0 saturated carbocycles. The van der Waals surface area contributed by atoms with Crippen LogP contribution in [0.2, 0.25) is 0 Å². The van der Waals surface area contributed by atoms with Crippen LogP contribution in [-0.2, 0) is 13.1 Å². The van der Waals surface area contributed by atoms with E-state index >= 15 is 0 Å². The Bertz CT molecular complexity index is 716. The zero-order chi connectivity index (χ0) is 13.2. The summed E-state index contributed by atoms with van der Waals surface area (Å²) in [6, 6.07) is 16.7. The Morgan fingerprint density at radius 2 is 1.68 bits per heavy atom. The molecule has 0 unspecified atom stereocenters. The Hall–Kier alpha value is -1.58. The first-order chi connectivity index (χ1) is 9.29. The first-order valence-electron chi connectivity index (χ1n) is 6.30. The molecule has 3 aromatic rings. The van der Waals surface area contributed by atoms with Crippen LogP contribution in [-0.4, -0.2) is 4.57 Å². The Balaban J connectivity index is 2.09. The second kappa shape index (κ2) is 5.19. The van der Waals surface area contributed by atoms with Crippen LogP contribution in [0.4, 0.5) is 0 Å². The Kier molecular flexibility index (Phi) is 3.40. The third-order valence-electron chi connectivity index (χ3n) is 3.39. The van der Waals surface area contributed by atoms with Crippen LogP contribution in [0, 0.1) is 0 Å². The summed E-state index contributed by atoms with van der Waals surface area (Å²) in [6.07, 6.45) is 2.16. The summed E-state index contributed by atoms with van der Waals surface area (Å²) < 4.78 is 3.40. The number of nitrogens with two attached hydrogens (primary N) is 1. The number of nitrogens with zero attached hydrogens (tertiary/aromatic N) is 1. The van der Waals surface area contributed by atoms with Gasteiger partial charge >= 0.3 is 0 Å². The molecule has 19 heavy (non-hydrogen) atoms. The van der Waals surface area contributed by atoms with Gasteiger partial charge in [0.05, 0.1) is 0 Å². The Morgan fingerprint density at radius 3 is 2.47 bits per heavy atom. The maximum atomic E-state index is 5.83. The van der Waals surface area contributed by atoms with E-state index in [0.29, 0.717) is 6.54 Å². The standard InChI is InChI=1S/C16H15BrN2/c17-15-7-3-1-5-12(15)10-19-11-13(9-18)14-6-2-4-8-16(14)19/h1-8,11H,9-10,18H2. The summed E-state index contributed by atoms with van der Waals surface area (Å²) in [5.74, 6) is 0. The zero-order valence-electron chi connectivity index (χ0n) is 10.5. The maximum absolute atomic E-state index is 5.83. The van der Waals surface area contributed by atoms with Crippen LogP contribution in [0.15, 0.2) is 59.2 Å². The topological polar surface area (TPSA) is 30.9 Å². The van der Waals surface area contributed by atoms with Gasteiger partial charge in [0, 0.05) is 34.7 Å². The molecule has 0 saturated heterocycles. The molecule has 2 N–H and O–H groups in total. The predicted octanol–water partition coefficient (Wildman–Crippen LogP) is 3.91. The number of rotatable bonds is 3. The number of halogens is 1. The highest BCUT2D eigenvalue weighted by molar-refractivity contribution is 9.10. The van der Waals surface area contributed by atoms with Gasteiger partial charge in [-0.1, -0.05) is 52.3 Å². The van der Waals surface area contributed by atoms with Gasteiger partial charge in [-0.2, -0.15) is 0 Å². The molecule has 3 heteroatoms. The lowest BCUT2D eigenvalue weighted by Crippen LogP contribution is -1.99. The number of para-hydroxylation sites is 1. The molecule has 0 spiro atoms. The summed E-state index contributed by atoms with van der Waals surface area (Å²) in [5.41, 5.74) is 9.53. The second-order valence-electron chi connectivity index (χ2n) is 4.59. The van der Waals surface area contributed by atoms with Crippen LogP contribution in [0.5, 0.6) is 0 Å². The fourth-order valence-electron chi connectivity index (χ4n) is 2.43. The number of aromatic nitrogens is 1. The SMILES string of the molecule is NCc1cn(Cc2ccccc2Br)c2ccccc12. The molecule has 0 fully saturated rings. The molecule has 0 aliphatic heterocycles. The van der Waals surface area contributed by atoms with Crippen LogP contribution >= 0.6 is 15.9 Å². The van der Waals surface area contributed by atoms with Gasteiger partial charge in [-0.15, -0.1) is 0 Å². The predicted molar refractivity (Wildman–Crippen MR) is 83.1 cm³/mol. The molecule has 0 radical (unpaired) electrons. The second-order valence-corrected chi connectivity index (χ2v) is 5.45. The molecule has 0 bridgehead atoms. The molecule has 3 rings (SSSR count). The van der Waals surface area contributed by atoms with Gasteiger partial charge in [0.2, 0.25) is 0 Å². The molecular formula is C16H15BrN2. The first-order valence-corrected chi connectivity index (χ1v) is 7.09. The monoisotopic (exact) mass is 314 g/mol. The fraction of sp³-hybridized carbons (Fsp3) is 0.125. The Labute approximate surface area is 121 Å². The van der Waals surface area contributed by atoms with E-state index < -0.39 is 0 Å². The van der Waals surface area contributed by atoms with Gasteiger partial charge in [0.15, 0.2) is 0 Å². The van der Waals surface area contributed by atoms with E-state index in [0.717, 1.165) is 11.0 Å². The van der Waals surface area contributed by atoms with Crippen molar-refractivity contribution >= 4 is 26.8 Å². The normalized spacial score (nSPS) is 11.1. The third-order valence-corrected chi connectivity index (χ3v) is 4.16. The van der Waals surface area contributed by atoms with Crippen molar-refractivity contribution in [1.82, 2.24) is 4.57 Å². The van der Waals surface area contributed by atoms with Crippen LogP contribution in [0.3, 0.4) is 0 Å². The molecule has 2 aromatic carbocycles. The minimum Gasteiger partial charge on any atom is -0.343 e. The highest BCUT2D eigenvalue weighted by atomic mass is 79.9. The van der Waals surface area contributed by atoms with E-state index in [9.17, 15) is 0 Å². The highest BCUT2D eigenvalue weighted by Gasteiger charge is 2.08. The van der Waals surface area contributed by atoms with Crippen LogP contribution in [0.1, 0.15) is 11.1 Å². The van der Waals surface area contributed by atoms with E-state index in [1.807, 2.05) is 6.07 Å². The average Bonchev–Trinajstić information content (AvgIpc) is 2.80. The molecule has 0 amide bonds. The first kappa shape index (κ1) is 12.5. The number of fused-ring (bicyclic) bond motifs is 1. The third kappa shape index (κ3) is 2.31. The molecule has 0 atom stereocenters. The van der Waals surface area contributed by atoms with E-state index in [2.05, 4.69) is 69.2 Å². The minimum absolute atomic E-state index is 0.573. The minimum atomic E-state index is 0.573. The number of benzene rings is 2. The van der Waals surface area contributed by atoms with Crippen molar-refractivity contribution < 1.29 is 0 Å². The summed E-state index contributed by atoms with van der Waals surface area (Å²) in [6.45, 7) is 1.42. The van der Waals surface area contributed by atoms with Crippen molar-refractivity contribution in [1.29, 1.82) is 0 Å². The molecule has 0 aliphatic rings. The maximum Gasteiger partial charge on any atom is 0.0487 e. The highest BCUT2D eigenvalue weighted by Crippen LogP contribution is 2.24. The lowest BCUT2D eigenvalue weighted by atomic mass is 10.2. The van der Waals surface area contributed by atoms with E-state index in [1.54, 1.807) is 0 Å². The van der Waals surface area contributed by atoms with Crippen LogP contribution < -0.4 is 5.73 Å². The summed E-state index contributed by atoms with van der Waals surface area (Å²) in [4.78, 5) is 0. The number of hydrogen-bond donors (Lipinski definition) is 1. The summed E-state index contributed by atoms with van der Waals surface area (Å²) in [5, 5.41) is 1.25. The van der Waals surface area contributed by atoms with Crippen LogP contribution in [0.25, 0.3) is 10.9 Å². The molecule has 0 aliphatic carbocycles. The largest absolute Gasteiger partial charge is 0.343 e. The van der Waals surface area contributed by atoms with Gasteiger partial charge < -0.3 is 10.3 Å². The van der Waals surface area contributed by atoms with Crippen molar-refractivity contribution in [3.63, 3.8) is 0 Å². The average molecular weight is 315 g/mol. The molecule has 96 valence electrons. The van der Waals surface area contributed by atoms with Gasteiger partial charge in [-0.25, -0.2) is 0 Å². The van der Waals surface area contributed by atoms with Crippen molar-refractivity contribution in [2.24, 2.45) is 5.73 Å². The van der Waals surface area contributed by atoms with Crippen molar-refractivity contribution in [3.8, 4) is 0 Å². The quantitative estimate of drug-likeness (QED) is 0.780. The lowest BCUT2D eigenvalue weighted by Gasteiger charge is -2.07.